The summed E-state index contributed by atoms with van der Waals surface area (Å²) in [6.45, 7) is 5.83. The highest BCUT2D eigenvalue weighted by atomic mass is 16.1. The van der Waals surface area contributed by atoms with E-state index in [2.05, 4.69) is 34.0 Å². The molecule has 1 aromatic carbocycles. The molecule has 0 unspecified atom stereocenters. The lowest BCUT2D eigenvalue weighted by molar-refractivity contribution is -0.121. The number of fused-ring (bicyclic) bond motifs is 1. The van der Waals surface area contributed by atoms with Gasteiger partial charge in [0.1, 0.15) is 5.82 Å². The van der Waals surface area contributed by atoms with Gasteiger partial charge in [0, 0.05) is 25.9 Å². The molecule has 0 aliphatic carbocycles. The van der Waals surface area contributed by atoms with Crippen LogP contribution in [0, 0.1) is 5.41 Å². The van der Waals surface area contributed by atoms with Gasteiger partial charge < -0.3 is 15.2 Å². The molecule has 0 bridgehead atoms. The Hall–Kier alpha value is -2.21. The van der Waals surface area contributed by atoms with E-state index in [1.54, 1.807) is 6.07 Å². The number of benzene rings is 1. The van der Waals surface area contributed by atoms with Crippen molar-refractivity contribution in [2.45, 2.75) is 33.1 Å². The maximum absolute atomic E-state index is 12.0. The van der Waals surface area contributed by atoms with Crippen LogP contribution in [0.3, 0.4) is 0 Å². The summed E-state index contributed by atoms with van der Waals surface area (Å²) in [4.78, 5) is 33.4. The fourth-order valence-corrected chi connectivity index (χ4v) is 3.01. The van der Waals surface area contributed by atoms with Gasteiger partial charge in [0.05, 0.1) is 10.9 Å². The number of nitrogens with one attached hydrogen (secondary N) is 2. The number of amides is 1. The molecule has 0 aliphatic rings. The minimum absolute atomic E-state index is 0.0320. The summed E-state index contributed by atoms with van der Waals surface area (Å²) in [6.07, 6.45) is 1.66. The van der Waals surface area contributed by atoms with E-state index in [9.17, 15) is 9.59 Å². The van der Waals surface area contributed by atoms with Gasteiger partial charge in [0.25, 0.3) is 5.56 Å². The van der Waals surface area contributed by atoms with E-state index in [1.165, 1.54) is 0 Å². The molecule has 0 aliphatic heterocycles. The van der Waals surface area contributed by atoms with Crippen molar-refractivity contribution in [3.05, 3.63) is 40.4 Å². The Balaban J connectivity index is 1.82. The van der Waals surface area contributed by atoms with Gasteiger partial charge in [-0.2, -0.15) is 0 Å². The Labute approximate surface area is 148 Å². The molecule has 1 amide bonds. The predicted molar refractivity (Wildman–Crippen MR) is 101 cm³/mol. The van der Waals surface area contributed by atoms with E-state index in [1.807, 2.05) is 32.3 Å². The normalized spacial score (nSPS) is 11.9. The topological polar surface area (TPSA) is 78.1 Å². The van der Waals surface area contributed by atoms with E-state index >= 15 is 0 Å². The standard InChI is InChI=1S/C19H28N4O2/c1-19(2,13-23(3)4)12-20-17(24)11-7-10-16-21-15-9-6-5-8-14(15)18(25)22-16/h5-6,8-9H,7,10-13H2,1-4H3,(H,20,24)(H,21,22,25). The number of carbonyl (C=O) groups is 1. The summed E-state index contributed by atoms with van der Waals surface area (Å²) < 4.78 is 0. The summed E-state index contributed by atoms with van der Waals surface area (Å²) in [5.41, 5.74) is 0.594. The van der Waals surface area contributed by atoms with Crippen molar-refractivity contribution >= 4 is 16.8 Å². The number of H-pyrrole nitrogens is 1. The van der Waals surface area contributed by atoms with Gasteiger partial charge in [-0.05, 0) is 38.1 Å². The van der Waals surface area contributed by atoms with Crippen LogP contribution in [0.25, 0.3) is 10.9 Å². The lowest BCUT2D eigenvalue weighted by Gasteiger charge is -2.28. The van der Waals surface area contributed by atoms with Crippen molar-refractivity contribution in [3.63, 3.8) is 0 Å². The molecule has 0 saturated heterocycles. The number of nitrogens with zero attached hydrogens (tertiary/aromatic N) is 2. The molecule has 0 spiro atoms. The Morgan fingerprint density at radius 1 is 1.28 bits per heavy atom. The molecule has 0 radical (unpaired) electrons. The van der Waals surface area contributed by atoms with Crippen molar-refractivity contribution in [1.29, 1.82) is 0 Å². The molecule has 6 heteroatoms. The zero-order valence-electron chi connectivity index (χ0n) is 15.6. The number of aromatic amines is 1. The van der Waals surface area contributed by atoms with Gasteiger partial charge >= 0.3 is 0 Å². The average molecular weight is 344 g/mol. The smallest absolute Gasteiger partial charge is 0.258 e. The molecule has 2 N–H and O–H groups in total. The van der Waals surface area contributed by atoms with Crippen LogP contribution in [0.15, 0.2) is 29.1 Å². The van der Waals surface area contributed by atoms with Gasteiger partial charge in [-0.15, -0.1) is 0 Å². The number of rotatable bonds is 8. The third kappa shape index (κ3) is 5.98. The monoisotopic (exact) mass is 344 g/mol. The quantitative estimate of drug-likeness (QED) is 0.767. The first-order valence-electron chi connectivity index (χ1n) is 8.66. The number of carbonyl (C=O) groups excluding carboxylic acids is 1. The maximum atomic E-state index is 12.0. The Kier molecular flexibility index (Phi) is 6.31. The molecule has 2 aromatic rings. The van der Waals surface area contributed by atoms with E-state index in [-0.39, 0.29) is 16.9 Å². The highest BCUT2D eigenvalue weighted by Crippen LogP contribution is 2.14. The minimum Gasteiger partial charge on any atom is -0.356 e. The molecular weight excluding hydrogens is 316 g/mol. The predicted octanol–water partition coefficient (Wildman–Crippen LogP) is 1.95. The second-order valence-electron chi connectivity index (χ2n) is 7.56. The van der Waals surface area contributed by atoms with Gasteiger partial charge in [0.15, 0.2) is 0 Å². The molecule has 0 fully saturated rings. The third-order valence-electron chi connectivity index (χ3n) is 3.99. The van der Waals surface area contributed by atoms with Crippen LogP contribution in [-0.2, 0) is 11.2 Å². The van der Waals surface area contributed by atoms with Crippen LogP contribution in [0.5, 0.6) is 0 Å². The van der Waals surface area contributed by atoms with Gasteiger partial charge in [-0.25, -0.2) is 4.98 Å². The molecule has 0 saturated carbocycles. The highest BCUT2D eigenvalue weighted by Gasteiger charge is 2.19. The molecule has 6 nitrogen and oxygen atoms in total. The molecule has 136 valence electrons. The van der Waals surface area contributed by atoms with Crippen LogP contribution >= 0.6 is 0 Å². The van der Waals surface area contributed by atoms with E-state index in [0.29, 0.717) is 42.5 Å². The second kappa shape index (κ2) is 8.25. The molecule has 0 atom stereocenters. The first-order valence-corrected chi connectivity index (χ1v) is 8.66. The molecule has 1 aromatic heterocycles. The van der Waals surface area contributed by atoms with Crippen LogP contribution in [-0.4, -0.2) is 48.0 Å². The van der Waals surface area contributed by atoms with Gasteiger partial charge in [-0.1, -0.05) is 26.0 Å². The van der Waals surface area contributed by atoms with E-state index < -0.39 is 0 Å². The number of hydrogen-bond donors (Lipinski definition) is 2. The molecular formula is C19H28N4O2. The van der Waals surface area contributed by atoms with Gasteiger partial charge in [-0.3, -0.25) is 9.59 Å². The Morgan fingerprint density at radius 3 is 2.72 bits per heavy atom. The lowest BCUT2D eigenvalue weighted by Crippen LogP contribution is -2.39. The number of hydrogen-bond acceptors (Lipinski definition) is 4. The van der Waals surface area contributed by atoms with Crippen molar-refractivity contribution in [1.82, 2.24) is 20.2 Å². The Bertz CT molecular complexity index is 780. The largest absolute Gasteiger partial charge is 0.356 e. The highest BCUT2D eigenvalue weighted by molar-refractivity contribution is 5.77. The third-order valence-corrected chi connectivity index (χ3v) is 3.99. The summed E-state index contributed by atoms with van der Waals surface area (Å²) in [5, 5.41) is 3.59. The molecule has 1 heterocycles. The van der Waals surface area contributed by atoms with Crippen molar-refractivity contribution in [2.24, 2.45) is 5.41 Å². The first kappa shape index (κ1) is 19.1. The summed E-state index contributed by atoms with van der Waals surface area (Å²) in [7, 11) is 4.06. The van der Waals surface area contributed by atoms with Crippen molar-refractivity contribution in [2.75, 3.05) is 27.2 Å². The van der Waals surface area contributed by atoms with Crippen LogP contribution in [0.4, 0.5) is 0 Å². The average Bonchev–Trinajstić information content (AvgIpc) is 2.52. The number of aromatic nitrogens is 2. The minimum atomic E-state index is -0.129. The zero-order chi connectivity index (χ0) is 18.4. The molecule has 2 rings (SSSR count). The fourth-order valence-electron chi connectivity index (χ4n) is 3.01. The van der Waals surface area contributed by atoms with Crippen LogP contribution in [0.2, 0.25) is 0 Å². The summed E-state index contributed by atoms with van der Waals surface area (Å²) in [6, 6.07) is 7.27. The lowest BCUT2D eigenvalue weighted by atomic mass is 9.93. The van der Waals surface area contributed by atoms with E-state index in [4.69, 9.17) is 0 Å². The Morgan fingerprint density at radius 2 is 2.00 bits per heavy atom. The van der Waals surface area contributed by atoms with Crippen LogP contribution < -0.4 is 10.9 Å². The van der Waals surface area contributed by atoms with Crippen molar-refractivity contribution in [3.8, 4) is 0 Å². The number of aryl methyl sites for hydroxylation is 1. The zero-order valence-corrected chi connectivity index (χ0v) is 15.6. The number of para-hydroxylation sites is 1. The summed E-state index contributed by atoms with van der Waals surface area (Å²) >= 11 is 0. The van der Waals surface area contributed by atoms with Crippen molar-refractivity contribution < 1.29 is 4.79 Å². The van der Waals surface area contributed by atoms with Crippen LogP contribution in [0.1, 0.15) is 32.5 Å². The van der Waals surface area contributed by atoms with E-state index in [0.717, 1.165) is 6.54 Å². The second-order valence-corrected chi connectivity index (χ2v) is 7.56. The maximum Gasteiger partial charge on any atom is 0.258 e. The first-order chi connectivity index (χ1) is 11.8. The fraction of sp³-hybridized carbons (Fsp3) is 0.526. The summed E-state index contributed by atoms with van der Waals surface area (Å²) in [5.74, 6) is 0.666. The van der Waals surface area contributed by atoms with Gasteiger partial charge in [0.2, 0.25) is 5.91 Å². The SMILES string of the molecule is CN(C)CC(C)(C)CNC(=O)CCCc1nc2ccccc2c(=O)[nH]1. The molecule has 25 heavy (non-hydrogen) atoms.